The molecular weight excluding hydrogens is 206 g/mol. The summed E-state index contributed by atoms with van der Waals surface area (Å²) in [6.45, 7) is 5.35. The highest BCUT2D eigenvalue weighted by atomic mass is 16.5. The van der Waals surface area contributed by atoms with Gasteiger partial charge in [0.1, 0.15) is 0 Å². The van der Waals surface area contributed by atoms with Crippen molar-refractivity contribution in [2.24, 2.45) is 4.99 Å². The van der Waals surface area contributed by atoms with E-state index in [9.17, 15) is 9.59 Å². The lowest BCUT2D eigenvalue weighted by Gasteiger charge is -2.09. The number of ether oxygens (including phenoxy) is 1. The molecule has 1 aromatic rings. The zero-order valence-electron chi connectivity index (χ0n) is 9.48. The molecule has 0 amide bonds. The Morgan fingerprint density at radius 3 is 2.69 bits per heavy atom. The average molecular weight is 219 g/mol. The number of benzene rings is 1. The highest BCUT2D eigenvalue weighted by molar-refractivity contribution is 5.92. The summed E-state index contributed by atoms with van der Waals surface area (Å²) in [6.07, 6.45) is 1.26. The lowest BCUT2D eigenvalue weighted by atomic mass is 10.1. The van der Waals surface area contributed by atoms with Gasteiger partial charge in [-0.15, -0.1) is 0 Å². The zero-order chi connectivity index (χ0) is 12.1. The van der Waals surface area contributed by atoms with Crippen molar-refractivity contribution in [2.75, 3.05) is 0 Å². The molecule has 0 radical (unpaired) electrons. The van der Waals surface area contributed by atoms with Gasteiger partial charge < -0.3 is 4.74 Å². The second-order valence-corrected chi connectivity index (χ2v) is 3.66. The monoisotopic (exact) mass is 219 g/mol. The lowest BCUT2D eigenvalue weighted by molar-refractivity contribution is 0.0377. The highest BCUT2D eigenvalue weighted by Gasteiger charge is 2.12. The molecule has 0 unspecified atom stereocenters. The van der Waals surface area contributed by atoms with Crippen LogP contribution in [0.5, 0.6) is 0 Å². The molecule has 1 aromatic carbocycles. The molecule has 16 heavy (non-hydrogen) atoms. The van der Waals surface area contributed by atoms with Crippen LogP contribution in [0.15, 0.2) is 23.2 Å². The minimum Gasteiger partial charge on any atom is -0.459 e. The van der Waals surface area contributed by atoms with Gasteiger partial charge in [-0.05, 0) is 38.5 Å². The van der Waals surface area contributed by atoms with Crippen molar-refractivity contribution in [3.63, 3.8) is 0 Å². The van der Waals surface area contributed by atoms with Crippen molar-refractivity contribution in [3.8, 4) is 0 Å². The first-order chi connectivity index (χ1) is 7.54. The minimum absolute atomic E-state index is 0.176. The Morgan fingerprint density at radius 1 is 1.44 bits per heavy atom. The molecule has 0 aliphatic heterocycles. The Labute approximate surface area is 94.0 Å². The number of carbonyl (C=O) groups excluding carboxylic acids is 2. The van der Waals surface area contributed by atoms with Gasteiger partial charge in [0.05, 0.1) is 17.4 Å². The summed E-state index contributed by atoms with van der Waals surface area (Å²) in [5.74, 6) is -0.407. The van der Waals surface area contributed by atoms with E-state index < -0.39 is 5.97 Å². The van der Waals surface area contributed by atoms with Crippen LogP contribution in [-0.2, 0) is 9.53 Å². The third kappa shape index (κ3) is 3.04. The Kier molecular flexibility index (Phi) is 3.97. The van der Waals surface area contributed by atoms with E-state index in [0.717, 1.165) is 5.56 Å². The van der Waals surface area contributed by atoms with Gasteiger partial charge in [-0.25, -0.2) is 9.59 Å². The molecule has 0 saturated heterocycles. The van der Waals surface area contributed by atoms with Crippen LogP contribution in [0.3, 0.4) is 0 Å². The quantitative estimate of drug-likeness (QED) is 0.446. The van der Waals surface area contributed by atoms with Gasteiger partial charge in [-0.1, -0.05) is 6.07 Å². The SMILES string of the molecule is Cc1ccc(N=C=O)cc1C(=O)OC(C)C. The summed E-state index contributed by atoms with van der Waals surface area (Å²) in [5, 5.41) is 0. The molecule has 4 heteroatoms. The fourth-order valence-electron chi connectivity index (χ4n) is 1.23. The van der Waals surface area contributed by atoms with E-state index in [-0.39, 0.29) is 6.10 Å². The number of isocyanates is 1. The molecule has 0 N–H and O–H groups in total. The third-order valence-corrected chi connectivity index (χ3v) is 1.96. The molecule has 0 aliphatic rings. The second kappa shape index (κ2) is 5.24. The fourth-order valence-corrected chi connectivity index (χ4v) is 1.23. The fraction of sp³-hybridized carbons (Fsp3) is 0.333. The molecule has 1 rings (SSSR count). The van der Waals surface area contributed by atoms with Gasteiger partial charge in [-0.2, -0.15) is 4.99 Å². The molecule has 0 aliphatic carbocycles. The van der Waals surface area contributed by atoms with Gasteiger partial charge in [-0.3, -0.25) is 0 Å². The number of esters is 1. The Hall–Kier alpha value is -1.93. The van der Waals surface area contributed by atoms with Crippen molar-refractivity contribution >= 4 is 17.7 Å². The Balaban J connectivity index is 3.06. The summed E-state index contributed by atoms with van der Waals surface area (Å²) < 4.78 is 5.07. The van der Waals surface area contributed by atoms with Crippen LogP contribution in [0.4, 0.5) is 5.69 Å². The maximum Gasteiger partial charge on any atom is 0.338 e. The smallest absolute Gasteiger partial charge is 0.338 e. The summed E-state index contributed by atoms with van der Waals surface area (Å²) in [6, 6.07) is 4.88. The van der Waals surface area contributed by atoms with Crippen molar-refractivity contribution < 1.29 is 14.3 Å². The van der Waals surface area contributed by atoms with Crippen molar-refractivity contribution in [2.45, 2.75) is 26.9 Å². The van der Waals surface area contributed by atoms with Crippen LogP contribution in [-0.4, -0.2) is 18.2 Å². The van der Waals surface area contributed by atoms with E-state index in [2.05, 4.69) is 4.99 Å². The first kappa shape index (κ1) is 12.1. The molecule has 0 heterocycles. The minimum atomic E-state index is -0.407. The summed E-state index contributed by atoms with van der Waals surface area (Å²) in [5.41, 5.74) is 1.61. The largest absolute Gasteiger partial charge is 0.459 e. The number of rotatable bonds is 3. The maximum atomic E-state index is 11.7. The van der Waals surface area contributed by atoms with Crippen LogP contribution < -0.4 is 0 Å². The first-order valence-electron chi connectivity index (χ1n) is 4.94. The van der Waals surface area contributed by atoms with Gasteiger partial charge in [0.15, 0.2) is 0 Å². The van der Waals surface area contributed by atoms with Crippen molar-refractivity contribution in [3.05, 3.63) is 29.3 Å². The molecule has 4 nitrogen and oxygen atoms in total. The second-order valence-electron chi connectivity index (χ2n) is 3.66. The summed E-state index contributed by atoms with van der Waals surface area (Å²) in [7, 11) is 0. The first-order valence-corrected chi connectivity index (χ1v) is 4.94. The number of aryl methyl sites for hydroxylation is 1. The van der Waals surface area contributed by atoms with Crippen molar-refractivity contribution in [1.29, 1.82) is 0 Å². The zero-order valence-corrected chi connectivity index (χ0v) is 9.48. The predicted molar refractivity (Wildman–Crippen MR) is 59.5 cm³/mol. The standard InChI is InChI=1S/C12H13NO3/c1-8(2)16-12(15)11-6-10(13-7-14)5-4-9(11)3/h4-6,8H,1-3H3. The number of aliphatic imine (C=N–C) groups is 1. The number of carbonyl (C=O) groups is 1. The molecule has 0 fully saturated rings. The number of hydrogen-bond donors (Lipinski definition) is 0. The normalized spacial score (nSPS) is 9.75. The van der Waals surface area contributed by atoms with Gasteiger partial charge in [0.2, 0.25) is 6.08 Å². The maximum absolute atomic E-state index is 11.7. The molecule has 84 valence electrons. The Bertz CT molecular complexity index is 446. The molecule has 0 aromatic heterocycles. The van der Waals surface area contributed by atoms with Crippen LogP contribution in [0.1, 0.15) is 29.8 Å². The van der Waals surface area contributed by atoms with Crippen LogP contribution in [0.25, 0.3) is 0 Å². The van der Waals surface area contributed by atoms with E-state index in [1.165, 1.54) is 12.1 Å². The molecule has 0 spiro atoms. The van der Waals surface area contributed by atoms with Crippen LogP contribution in [0.2, 0.25) is 0 Å². The van der Waals surface area contributed by atoms with E-state index in [1.54, 1.807) is 32.9 Å². The molecule has 0 saturated carbocycles. The highest BCUT2D eigenvalue weighted by Crippen LogP contribution is 2.18. The average Bonchev–Trinajstić information content (AvgIpc) is 2.20. The number of hydrogen-bond acceptors (Lipinski definition) is 4. The molecule has 0 atom stereocenters. The lowest BCUT2D eigenvalue weighted by Crippen LogP contribution is -2.12. The van der Waals surface area contributed by atoms with Gasteiger partial charge in [0.25, 0.3) is 0 Å². The van der Waals surface area contributed by atoms with E-state index in [0.29, 0.717) is 11.3 Å². The number of nitrogens with zero attached hydrogens (tertiary/aromatic N) is 1. The molecular formula is C12H13NO3. The molecule has 0 bridgehead atoms. The predicted octanol–water partition coefficient (Wildman–Crippen LogP) is 2.53. The summed E-state index contributed by atoms with van der Waals surface area (Å²) >= 11 is 0. The van der Waals surface area contributed by atoms with Crippen molar-refractivity contribution in [1.82, 2.24) is 0 Å². The van der Waals surface area contributed by atoms with Crippen LogP contribution in [0, 0.1) is 6.92 Å². The van der Waals surface area contributed by atoms with E-state index in [1.807, 2.05) is 0 Å². The third-order valence-electron chi connectivity index (χ3n) is 1.96. The Morgan fingerprint density at radius 2 is 2.12 bits per heavy atom. The van der Waals surface area contributed by atoms with Crippen LogP contribution >= 0.6 is 0 Å². The summed E-state index contributed by atoms with van der Waals surface area (Å²) in [4.78, 5) is 25.2. The van der Waals surface area contributed by atoms with Gasteiger partial charge >= 0.3 is 5.97 Å². The van der Waals surface area contributed by atoms with E-state index in [4.69, 9.17) is 4.74 Å². The van der Waals surface area contributed by atoms with Gasteiger partial charge in [0, 0.05) is 0 Å². The topological polar surface area (TPSA) is 55.7 Å². The van der Waals surface area contributed by atoms with E-state index >= 15 is 0 Å².